The lowest BCUT2D eigenvalue weighted by Gasteiger charge is -2.23. The molecule has 0 bridgehead atoms. The van der Waals surface area contributed by atoms with Gasteiger partial charge in [0, 0.05) is 11.6 Å². The molecule has 19 heavy (non-hydrogen) atoms. The van der Waals surface area contributed by atoms with E-state index in [1.807, 2.05) is 24.7 Å². The quantitative estimate of drug-likeness (QED) is 0.932. The molecule has 100 valence electrons. The second kappa shape index (κ2) is 5.76. The molecular weight excluding hydrogens is 258 g/mol. The number of rotatable bonds is 3. The van der Waals surface area contributed by atoms with Gasteiger partial charge in [-0.2, -0.15) is 0 Å². The number of piperidine rings is 1. The molecule has 0 saturated carbocycles. The molecule has 2 heterocycles. The van der Waals surface area contributed by atoms with E-state index in [2.05, 4.69) is 27.0 Å². The van der Waals surface area contributed by atoms with Crippen molar-refractivity contribution in [1.82, 2.24) is 14.9 Å². The molecule has 0 amide bonds. The lowest BCUT2D eigenvalue weighted by Crippen LogP contribution is -2.32. The van der Waals surface area contributed by atoms with Crippen molar-refractivity contribution >= 4 is 11.6 Å². The van der Waals surface area contributed by atoms with Gasteiger partial charge in [0.2, 0.25) is 0 Å². The molecule has 4 heteroatoms. The SMILES string of the molecule is Clc1ccc(-c2cncn2CC2CCCNC2)cc1. The van der Waals surface area contributed by atoms with Crippen LogP contribution in [0.5, 0.6) is 0 Å². The van der Waals surface area contributed by atoms with Crippen LogP contribution in [0.2, 0.25) is 5.02 Å². The maximum absolute atomic E-state index is 5.94. The molecule has 2 aromatic rings. The third-order valence-electron chi connectivity index (χ3n) is 3.71. The minimum absolute atomic E-state index is 0.703. The number of hydrogen-bond donors (Lipinski definition) is 1. The summed E-state index contributed by atoms with van der Waals surface area (Å²) < 4.78 is 2.25. The smallest absolute Gasteiger partial charge is 0.0951 e. The zero-order valence-electron chi connectivity index (χ0n) is 10.8. The Hall–Kier alpha value is -1.32. The number of imidazole rings is 1. The highest BCUT2D eigenvalue weighted by Crippen LogP contribution is 2.23. The summed E-state index contributed by atoms with van der Waals surface area (Å²) in [6.45, 7) is 3.30. The fourth-order valence-electron chi connectivity index (χ4n) is 2.69. The van der Waals surface area contributed by atoms with Crippen LogP contribution in [-0.2, 0) is 6.54 Å². The first kappa shape index (κ1) is 12.7. The second-order valence-corrected chi connectivity index (χ2v) is 5.59. The van der Waals surface area contributed by atoms with E-state index in [1.54, 1.807) is 0 Å². The van der Waals surface area contributed by atoms with Crippen molar-refractivity contribution in [3.05, 3.63) is 41.8 Å². The van der Waals surface area contributed by atoms with Crippen LogP contribution in [-0.4, -0.2) is 22.6 Å². The third-order valence-corrected chi connectivity index (χ3v) is 3.96. The molecule has 0 aliphatic carbocycles. The zero-order valence-corrected chi connectivity index (χ0v) is 11.6. The molecule has 0 radical (unpaired) electrons. The highest BCUT2D eigenvalue weighted by molar-refractivity contribution is 6.30. The molecule has 3 rings (SSSR count). The van der Waals surface area contributed by atoms with Gasteiger partial charge in [-0.3, -0.25) is 0 Å². The standard InChI is InChI=1S/C15H18ClN3/c16-14-5-3-13(4-6-14)15-9-18-11-19(15)10-12-2-1-7-17-8-12/h3-6,9,11-12,17H,1-2,7-8,10H2. The Morgan fingerprint density at radius 3 is 2.89 bits per heavy atom. The Bertz CT molecular complexity index is 527. The van der Waals surface area contributed by atoms with Gasteiger partial charge in [-0.25, -0.2) is 4.98 Å². The Labute approximate surface area is 118 Å². The molecule has 0 spiro atoms. The third kappa shape index (κ3) is 2.99. The summed E-state index contributed by atoms with van der Waals surface area (Å²) in [6.07, 6.45) is 6.43. The van der Waals surface area contributed by atoms with Crippen LogP contribution in [0.25, 0.3) is 11.3 Å². The Morgan fingerprint density at radius 1 is 1.32 bits per heavy atom. The number of nitrogens with one attached hydrogen (secondary N) is 1. The second-order valence-electron chi connectivity index (χ2n) is 5.15. The van der Waals surface area contributed by atoms with Gasteiger partial charge in [0.1, 0.15) is 0 Å². The van der Waals surface area contributed by atoms with Gasteiger partial charge in [-0.1, -0.05) is 23.7 Å². The van der Waals surface area contributed by atoms with Gasteiger partial charge in [-0.15, -0.1) is 0 Å². The average molecular weight is 276 g/mol. The summed E-state index contributed by atoms with van der Waals surface area (Å²) in [6, 6.07) is 7.96. The van der Waals surface area contributed by atoms with E-state index in [0.29, 0.717) is 5.92 Å². The van der Waals surface area contributed by atoms with Crippen molar-refractivity contribution in [1.29, 1.82) is 0 Å². The first-order valence-electron chi connectivity index (χ1n) is 6.80. The van der Waals surface area contributed by atoms with Gasteiger partial charge < -0.3 is 9.88 Å². The van der Waals surface area contributed by atoms with E-state index < -0.39 is 0 Å². The normalized spacial score (nSPS) is 19.5. The van der Waals surface area contributed by atoms with Crippen LogP contribution in [0.4, 0.5) is 0 Å². The molecule has 1 aliphatic rings. The summed E-state index contributed by atoms with van der Waals surface area (Å²) in [5.41, 5.74) is 2.34. The van der Waals surface area contributed by atoms with E-state index in [-0.39, 0.29) is 0 Å². The largest absolute Gasteiger partial charge is 0.330 e. The maximum Gasteiger partial charge on any atom is 0.0951 e. The van der Waals surface area contributed by atoms with Crippen molar-refractivity contribution in [3.63, 3.8) is 0 Å². The number of nitrogens with zero attached hydrogens (tertiary/aromatic N) is 2. The summed E-state index contributed by atoms with van der Waals surface area (Å²) in [7, 11) is 0. The molecule has 1 aliphatic heterocycles. The van der Waals surface area contributed by atoms with Gasteiger partial charge in [0.15, 0.2) is 0 Å². The molecule has 1 aromatic carbocycles. The van der Waals surface area contributed by atoms with Crippen LogP contribution < -0.4 is 5.32 Å². The highest BCUT2D eigenvalue weighted by Gasteiger charge is 2.15. The van der Waals surface area contributed by atoms with Crippen molar-refractivity contribution in [3.8, 4) is 11.3 Å². The van der Waals surface area contributed by atoms with E-state index in [1.165, 1.54) is 24.1 Å². The van der Waals surface area contributed by atoms with Crippen LogP contribution >= 0.6 is 11.6 Å². The molecule has 1 N–H and O–H groups in total. The summed E-state index contributed by atoms with van der Waals surface area (Å²) in [5, 5.41) is 4.23. The Kier molecular flexibility index (Phi) is 3.85. The summed E-state index contributed by atoms with van der Waals surface area (Å²) >= 11 is 5.94. The number of hydrogen-bond acceptors (Lipinski definition) is 2. The molecule has 1 unspecified atom stereocenters. The van der Waals surface area contributed by atoms with Gasteiger partial charge in [0.05, 0.1) is 18.2 Å². The first-order chi connectivity index (χ1) is 9.33. The Balaban J connectivity index is 1.79. The van der Waals surface area contributed by atoms with Crippen LogP contribution in [0.1, 0.15) is 12.8 Å². The predicted molar refractivity (Wildman–Crippen MR) is 78.3 cm³/mol. The summed E-state index contributed by atoms with van der Waals surface area (Å²) in [4.78, 5) is 4.30. The van der Waals surface area contributed by atoms with Crippen molar-refractivity contribution in [2.45, 2.75) is 19.4 Å². The monoisotopic (exact) mass is 275 g/mol. The fourth-order valence-corrected chi connectivity index (χ4v) is 2.81. The minimum atomic E-state index is 0.703. The lowest BCUT2D eigenvalue weighted by molar-refractivity contribution is 0.338. The first-order valence-corrected chi connectivity index (χ1v) is 7.17. The minimum Gasteiger partial charge on any atom is -0.330 e. The Morgan fingerprint density at radius 2 is 2.16 bits per heavy atom. The molecule has 1 fully saturated rings. The van der Waals surface area contributed by atoms with Gasteiger partial charge in [-0.05, 0) is 49.5 Å². The van der Waals surface area contributed by atoms with Gasteiger partial charge >= 0.3 is 0 Å². The lowest BCUT2D eigenvalue weighted by atomic mass is 9.99. The van der Waals surface area contributed by atoms with Crippen molar-refractivity contribution < 1.29 is 0 Å². The molecular formula is C15H18ClN3. The van der Waals surface area contributed by atoms with E-state index in [9.17, 15) is 0 Å². The number of aromatic nitrogens is 2. The van der Waals surface area contributed by atoms with Gasteiger partial charge in [0.25, 0.3) is 0 Å². The number of benzene rings is 1. The van der Waals surface area contributed by atoms with Crippen LogP contribution in [0, 0.1) is 5.92 Å². The average Bonchev–Trinajstić information content (AvgIpc) is 2.89. The molecule has 1 saturated heterocycles. The van der Waals surface area contributed by atoms with E-state index >= 15 is 0 Å². The zero-order chi connectivity index (χ0) is 13.1. The van der Waals surface area contributed by atoms with Crippen LogP contribution in [0.3, 0.4) is 0 Å². The summed E-state index contributed by atoms with van der Waals surface area (Å²) in [5.74, 6) is 0.703. The van der Waals surface area contributed by atoms with Crippen molar-refractivity contribution in [2.24, 2.45) is 5.92 Å². The fraction of sp³-hybridized carbons (Fsp3) is 0.400. The molecule has 1 aromatic heterocycles. The molecule has 3 nitrogen and oxygen atoms in total. The predicted octanol–water partition coefficient (Wildman–Crippen LogP) is 3.20. The number of halogens is 1. The maximum atomic E-state index is 5.94. The van der Waals surface area contributed by atoms with E-state index in [4.69, 9.17) is 11.6 Å². The van der Waals surface area contributed by atoms with E-state index in [0.717, 1.165) is 24.7 Å². The topological polar surface area (TPSA) is 29.9 Å². The van der Waals surface area contributed by atoms with Crippen molar-refractivity contribution in [2.75, 3.05) is 13.1 Å². The molecule has 1 atom stereocenters. The highest BCUT2D eigenvalue weighted by atomic mass is 35.5. The van der Waals surface area contributed by atoms with Crippen LogP contribution in [0.15, 0.2) is 36.8 Å².